The largest absolute Gasteiger partial charge is 0.0622 e. The minimum Gasteiger partial charge on any atom is -0.0622 e. The fourth-order valence-corrected chi connectivity index (χ4v) is 13.4. The van der Waals surface area contributed by atoms with Crippen LogP contribution in [0.15, 0.2) is 291 Å². The van der Waals surface area contributed by atoms with E-state index in [-0.39, 0.29) is 0 Å². The van der Waals surface area contributed by atoms with Crippen molar-refractivity contribution in [3.8, 4) is 66.8 Å². The highest BCUT2D eigenvalue weighted by molar-refractivity contribution is 6.40. The van der Waals surface area contributed by atoms with Gasteiger partial charge in [0.15, 0.2) is 0 Å². The van der Waals surface area contributed by atoms with E-state index in [0.29, 0.717) is 0 Å². The van der Waals surface area contributed by atoms with Crippen molar-refractivity contribution in [3.63, 3.8) is 0 Å². The zero-order chi connectivity index (χ0) is 51.3. The summed E-state index contributed by atoms with van der Waals surface area (Å²) in [4.78, 5) is 0. The quantitative estimate of drug-likeness (QED) is 0.115. The van der Waals surface area contributed by atoms with E-state index in [1.165, 1.54) is 164 Å². The second-order valence-corrected chi connectivity index (χ2v) is 20.9. The van der Waals surface area contributed by atoms with Crippen LogP contribution >= 0.6 is 0 Å². The number of rotatable bonds is 6. The lowest BCUT2D eigenvalue weighted by Crippen LogP contribution is -1.91. The number of hydrogen-bond donors (Lipinski definition) is 0. The summed E-state index contributed by atoms with van der Waals surface area (Å²) in [6, 6.07) is 108. The lowest BCUT2D eigenvalue weighted by molar-refractivity contribution is 1.63. The molecule has 0 saturated heterocycles. The normalized spacial score (nSPS) is 11.8. The second kappa shape index (κ2) is 17.7. The fourth-order valence-electron chi connectivity index (χ4n) is 13.4. The molecule has 0 spiro atoms. The van der Waals surface area contributed by atoms with Crippen LogP contribution in [0.1, 0.15) is 0 Å². The maximum Gasteiger partial charge on any atom is -0.00137 e. The summed E-state index contributed by atoms with van der Waals surface area (Å²) in [6.07, 6.45) is 0. The Morgan fingerprint density at radius 1 is 0.115 bits per heavy atom. The molecule has 16 aromatic rings. The standard InChI is InChI=1S/C78H48/c1-3-19-51(20-4-1)73-63-27-11-15-31-67(63)75(68-32-16-12-28-64(68)73)53-39-35-49(36-40-53)55-43-45-59-57-23-7-10-26-62(57)78-72-48-56(44-46-60(72)58-24-8-9-25-61(58)77(78)71(59)47-55)50-37-41-54(42-38-50)76-69-33-17-13-29-65(69)74(52-21-5-2-6-22-52)66-30-14-18-34-70(66)76/h1-48H. The van der Waals surface area contributed by atoms with Crippen molar-refractivity contribution in [2.24, 2.45) is 0 Å². The van der Waals surface area contributed by atoms with Crippen molar-refractivity contribution in [2.45, 2.75) is 0 Å². The predicted octanol–water partition coefficient (Wildman–Crippen LogP) is 22.1. The summed E-state index contributed by atoms with van der Waals surface area (Å²) in [5.74, 6) is 0. The zero-order valence-corrected chi connectivity index (χ0v) is 42.7. The highest BCUT2D eigenvalue weighted by Gasteiger charge is 2.21. The van der Waals surface area contributed by atoms with Gasteiger partial charge in [0.25, 0.3) is 0 Å². The monoisotopic (exact) mass is 984 g/mol. The van der Waals surface area contributed by atoms with E-state index in [1.807, 2.05) is 0 Å². The van der Waals surface area contributed by atoms with Gasteiger partial charge in [0.1, 0.15) is 0 Å². The number of fused-ring (bicyclic) bond motifs is 15. The van der Waals surface area contributed by atoms with E-state index in [4.69, 9.17) is 0 Å². The van der Waals surface area contributed by atoms with Crippen molar-refractivity contribution in [2.75, 3.05) is 0 Å². The van der Waals surface area contributed by atoms with Gasteiger partial charge in [-0.2, -0.15) is 0 Å². The molecule has 0 unspecified atom stereocenters. The molecule has 0 nitrogen and oxygen atoms in total. The Labute approximate surface area is 452 Å². The highest BCUT2D eigenvalue weighted by Crippen LogP contribution is 2.49. The van der Waals surface area contributed by atoms with E-state index in [1.54, 1.807) is 0 Å². The van der Waals surface area contributed by atoms with Crippen LogP contribution in [0.3, 0.4) is 0 Å². The van der Waals surface area contributed by atoms with Gasteiger partial charge in [-0.15, -0.1) is 0 Å². The molecule has 360 valence electrons. The first-order valence-corrected chi connectivity index (χ1v) is 27.2. The molecule has 16 aromatic carbocycles. The van der Waals surface area contributed by atoms with E-state index in [2.05, 4.69) is 291 Å². The molecule has 0 aliphatic heterocycles. The Bertz CT molecular complexity index is 4650. The minimum absolute atomic E-state index is 1.19. The van der Waals surface area contributed by atoms with Crippen molar-refractivity contribution >= 4 is 97.0 Å². The minimum atomic E-state index is 1.19. The third-order valence-electron chi connectivity index (χ3n) is 16.8. The van der Waals surface area contributed by atoms with E-state index < -0.39 is 0 Å². The first-order chi connectivity index (χ1) is 38.7. The molecular weight excluding hydrogens is 937 g/mol. The molecule has 0 heteroatoms. The highest BCUT2D eigenvalue weighted by atomic mass is 14.2. The van der Waals surface area contributed by atoms with Gasteiger partial charge in [0, 0.05) is 0 Å². The zero-order valence-electron chi connectivity index (χ0n) is 42.7. The molecule has 0 aliphatic carbocycles. The Kier molecular flexibility index (Phi) is 10.0. The lowest BCUT2D eigenvalue weighted by atomic mass is 9.84. The van der Waals surface area contributed by atoms with Gasteiger partial charge < -0.3 is 0 Å². The molecular formula is C78H48. The van der Waals surface area contributed by atoms with Crippen LogP contribution in [0.5, 0.6) is 0 Å². The SMILES string of the molecule is c1ccc(-c2c3ccccc3c(-c3ccc(-c4ccc5c6ccccc6c6c7cc(-c8ccc(-c9c%10ccccc%10c(-c%10ccccc%10)c%10ccccc9%10)cc8)ccc7c7ccccc7c6c5c4)cc3)c3ccccc23)cc1. The van der Waals surface area contributed by atoms with Crippen molar-refractivity contribution in [1.82, 2.24) is 0 Å². The summed E-state index contributed by atoms with van der Waals surface area (Å²) in [5, 5.41) is 22.9. The van der Waals surface area contributed by atoms with E-state index in [0.717, 1.165) is 0 Å². The molecule has 0 atom stereocenters. The van der Waals surface area contributed by atoms with E-state index >= 15 is 0 Å². The second-order valence-electron chi connectivity index (χ2n) is 20.9. The van der Waals surface area contributed by atoms with Crippen molar-refractivity contribution in [1.29, 1.82) is 0 Å². The topological polar surface area (TPSA) is 0 Å². The molecule has 16 rings (SSSR count). The van der Waals surface area contributed by atoms with Crippen molar-refractivity contribution < 1.29 is 0 Å². The van der Waals surface area contributed by atoms with Crippen LogP contribution in [0.25, 0.3) is 164 Å². The summed E-state index contributed by atoms with van der Waals surface area (Å²) in [6.45, 7) is 0. The van der Waals surface area contributed by atoms with Gasteiger partial charge in [0.2, 0.25) is 0 Å². The molecule has 0 fully saturated rings. The van der Waals surface area contributed by atoms with Crippen LogP contribution in [-0.2, 0) is 0 Å². The molecule has 0 amide bonds. The third-order valence-corrected chi connectivity index (χ3v) is 16.8. The summed E-state index contributed by atoms with van der Waals surface area (Å²) in [5.41, 5.74) is 14.8. The van der Waals surface area contributed by atoms with Crippen LogP contribution in [-0.4, -0.2) is 0 Å². The third kappa shape index (κ3) is 6.80. The van der Waals surface area contributed by atoms with Crippen LogP contribution in [0.2, 0.25) is 0 Å². The maximum atomic E-state index is 2.46. The van der Waals surface area contributed by atoms with Gasteiger partial charge in [-0.1, -0.05) is 279 Å². The van der Waals surface area contributed by atoms with Gasteiger partial charge in [-0.3, -0.25) is 0 Å². The summed E-state index contributed by atoms with van der Waals surface area (Å²) >= 11 is 0. The molecule has 0 heterocycles. The van der Waals surface area contributed by atoms with Crippen LogP contribution in [0.4, 0.5) is 0 Å². The van der Waals surface area contributed by atoms with Gasteiger partial charge in [-0.25, -0.2) is 0 Å². The van der Waals surface area contributed by atoms with Gasteiger partial charge >= 0.3 is 0 Å². The maximum absolute atomic E-state index is 2.46. The Morgan fingerprint density at radius 2 is 0.321 bits per heavy atom. The first-order valence-electron chi connectivity index (χ1n) is 27.2. The molecule has 0 bridgehead atoms. The van der Waals surface area contributed by atoms with Crippen molar-refractivity contribution in [3.05, 3.63) is 291 Å². The lowest BCUT2D eigenvalue weighted by Gasteiger charge is -2.19. The smallest absolute Gasteiger partial charge is 0.00137 e. The van der Waals surface area contributed by atoms with E-state index in [9.17, 15) is 0 Å². The molecule has 0 N–H and O–H groups in total. The average Bonchev–Trinajstić information content (AvgIpc) is 3.57. The molecule has 0 aliphatic rings. The van der Waals surface area contributed by atoms with Gasteiger partial charge in [0.05, 0.1) is 0 Å². The Hall–Kier alpha value is -10.1. The van der Waals surface area contributed by atoms with Crippen LogP contribution in [0, 0.1) is 0 Å². The summed E-state index contributed by atoms with van der Waals surface area (Å²) < 4.78 is 0. The predicted molar refractivity (Wildman–Crippen MR) is 337 cm³/mol. The number of benzene rings is 16. The summed E-state index contributed by atoms with van der Waals surface area (Å²) in [7, 11) is 0. The molecule has 0 radical (unpaired) electrons. The molecule has 78 heavy (non-hydrogen) atoms. The molecule has 0 saturated carbocycles. The number of hydrogen-bond acceptors (Lipinski definition) is 0. The van der Waals surface area contributed by atoms with Crippen LogP contribution < -0.4 is 0 Å². The van der Waals surface area contributed by atoms with Gasteiger partial charge in [-0.05, 0) is 176 Å². The molecule has 0 aromatic heterocycles. The first kappa shape index (κ1) is 44.2. The Balaban J connectivity index is 0.850. The average molecular weight is 985 g/mol. The fraction of sp³-hybridized carbons (Fsp3) is 0. The Morgan fingerprint density at radius 3 is 0.615 bits per heavy atom.